The SMILES string of the molecule is COc1c(CN)cc(C)cc1C(C)(C)C. The number of methoxy groups -OCH3 is 1. The van der Waals surface area contributed by atoms with E-state index in [1.54, 1.807) is 7.11 Å². The Kier molecular flexibility index (Phi) is 3.40. The maximum absolute atomic E-state index is 5.73. The number of ether oxygens (including phenoxy) is 1. The van der Waals surface area contributed by atoms with Crippen LogP contribution in [0.4, 0.5) is 0 Å². The number of aryl methyl sites for hydroxylation is 1. The molecule has 0 aliphatic rings. The van der Waals surface area contributed by atoms with E-state index in [4.69, 9.17) is 10.5 Å². The highest BCUT2D eigenvalue weighted by molar-refractivity contribution is 5.47. The summed E-state index contributed by atoms with van der Waals surface area (Å²) in [5.74, 6) is 0.940. The maximum atomic E-state index is 5.73. The summed E-state index contributed by atoms with van der Waals surface area (Å²) in [6.07, 6.45) is 0. The molecular weight excluding hydrogens is 186 g/mol. The van der Waals surface area contributed by atoms with Gasteiger partial charge in [0, 0.05) is 17.7 Å². The molecule has 0 unspecified atom stereocenters. The highest BCUT2D eigenvalue weighted by Gasteiger charge is 2.21. The lowest BCUT2D eigenvalue weighted by Gasteiger charge is -2.24. The Labute approximate surface area is 92.4 Å². The van der Waals surface area contributed by atoms with E-state index in [0.29, 0.717) is 6.54 Å². The minimum atomic E-state index is 0.0846. The van der Waals surface area contributed by atoms with Crippen LogP contribution in [0.2, 0.25) is 0 Å². The van der Waals surface area contributed by atoms with Gasteiger partial charge >= 0.3 is 0 Å². The number of benzene rings is 1. The molecule has 0 radical (unpaired) electrons. The van der Waals surface area contributed by atoms with Gasteiger partial charge in [0.05, 0.1) is 7.11 Å². The zero-order valence-corrected chi connectivity index (χ0v) is 10.3. The third kappa shape index (κ3) is 2.51. The second-order valence-electron chi connectivity index (χ2n) is 4.96. The molecule has 0 amide bonds. The second-order valence-corrected chi connectivity index (χ2v) is 4.96. The molecule has 15 heavy (non-hydrogen) atoms. The third-order valence-electron chi connectivity index (χ3n) is 2.54. The van der Waals surface area contributed by atoms with E-state index in [0.717, 1.165) is 11.3 Å². The smallest absolute Gasteiger partial charge is 0.127 e. The van der Waals surface area contributed by atoms with Gasteiger partial charge in [-0.1, -0.05) is 38.5 Å². The summed E-state index contributed by atoms with van der Waals surface area (Å²) in [7, 11) is 1.71. The van der Waals surface area contributed by atoms with Crippen molar-refractivity contribution < 1.29 is 4.74 Å². The summed E-state index contributed by atoms with van der Waals surface area (Å²) in [6.45, 7) is 9.17. The Morgan fingerprint density at radius 2 is 1.87 bits per heavy atom. The zero-order valence-electron chi connectivity index (χ0n) is 10.3. The molecule has 1 rings (SSSR count). The highest BCUT2D eigenvalue weighted by Crippen LogP contribution is 2.34. The van der Waals surface area contributed by atoms with Crippen LogP contribution in [0, 0.1) is 6.92 Å². The van der Waals surface area contributed by atoms with Crippen LogP contribution < -0.4 is 10.5 Å². The highest BCUT2D eigenvalue weighted by atomic mass is 16.5. The van der Waals surface area contributed by atoms with Crippen LogP contribution in [-0.2, 0) is 12.0 Å². The van der Waals surface area contributed by atoms with Gasteiger partial charge in [-0.25, -0.2) is 0 Å². The fourth-order valence-corrected chi connectivity index (χ4v) is 1.80. The first-order valence-electron chi connectivity index (χ1n) is 5.28. The van der Waals surface area contributed by atoms with Gasteiger partial charge in [-0.3, -0.25) is 0 Å². The van der Waals surface area contributed by atoms with E-state index in [1.165, 1.54) is 11.1 Å². The van der Waals surface area contributed by atoms with Crippen LogP contribution in [0.1, 0.15) is 37.5 Å². The quantitative estimate of drug-likeness (QED) is 0.809. The van der Waals surface area contributed by atoms with Gasteiger partial charge in [-0.15, -0.1) is 0 Å². The average Bonchev–Trinajstić information content (AvgIpc) is 2.15. The minimum Gasteiger partial charge on any atom is -0.496 e. The van der Waals surface area contributed by atoms with E-state index in [1.807, 2.05) is 0 Å². The number of hydrogen-bond acceptors (Lipinski definition) is 2. The molecule has 1 aromatic carbocycles. The van der Waals surface area contributed by atoms with Crippen LogP contribution in [-0.4, -0.2) is 7.11 Å². The lowest BCUT2D eigenvalue weighted by Crippen LogP contribution is -2.15. The van der Waals surface area contributed by atoms with Crippen LogP contribution in [0.5, 0.6) is 5.75 Å². The molecular formula is C13H21NO. The summed E-state index contributed by atoms with van der Waals surface area (Å²) in [5.41, 5.74) is 9.36. The van der Waals surface area contributed by atoms with Crippen molar-refractivity contribution in [1.29, 1.82) is 0 Å². The second kappa shape index (κ2) is 4.23. The van der Waals surface area contributed by atoms with E-state index >= 15 is 0 Å². The summed E-state index contributed by atoms with van der Waals surface area (Å²) in [4.78, 5) is 0. The minimum absolute atomic E-state index is 0.0846. The average molecular weight is 207 g/mol. The molecule has 0 aliphatic carbocycles. The van der Waals surface area contributed by atoms with E-state index in [9.17, 15) is 0 Å². The molecule has 0 spiro atoms. The molecule has 2 heteroatoms. The molecule has 0 atom stereocenters. The van der Waals surface area contributed by atoms with Crippen molar-refractivity contribution >= 4 is 0 Å². The Morgan fingerprint density at radius 1 is 1.27 bits per heavy atom. The van der Waals surface area contributed by atoms with Crippen LogP contribution in [0.25, 0.3) is 0 Å². The van der Waals surface area contributed by atoms with Gasteiger partial charge in [0.2, 0.25) is 0 Å². The lowest BCUT2D eigenvalue weighted by molar-refractivity contribution is 0.392. The first kappa shape index (κ1) is 12.1. The number of hydrogen-bond donors (Lipinski definition) is 1. The molecule has 0 heterocycles. The fourth-order valence-electron chi connectivity index (χ4n) is 1.80. The van der Waals surface area contributed by atoms with E-state index in [2.05, 4.69) is 39.8 Å². The van der Waals surface area contributed by atoms with Gasteiger partial charge in [-0.2, -0.15) is 0 Å². The summed E-state index contributed by atoms with van der Waals surface area (Å²) in [5, 5.41) is 0. The normalized spacial score (nSPS) is 11.6. The van der Waals surface area contributed by atoms with Gasteiger partial charge in [0.15, 0.2) is 0 Å². The monoisotopic (exact) mass is 207 g/mol. The van der Waals surface area contributed by atoms with Gasteiger partial charge < -0.3 is 10.5 Å². The Bertz CT molecular complexity index is 350. The fraction of sp³-hybridized carbons (Fsp3) is 0.538. The first-order chi connectivity index (χ1) is 6.90. The predicted octanol–water partition coefficient (Wildman–Crippen LogP) is 2.76. The molecule has 0 saturated carbocycles. The first-order valence-corrected chi connectivity index (χ1v) is 5.28. The van der Waals surface area contributed by atoms with Crippen LogP contribution in [0.15, 0.2) is 12.1 Å². The third-order valence-corrected chi connectivity index (χ3v) is 2.54. The summed E-state index contributed by atoms with van der Waals surface area (Å²) >= 11 is 0. The van der Waals surface area contributed by atoms with Crippen LogP contribution in [0.3, 0.4) is 0 Å². The van der Waals surface area contributed by atoms with Crippen molar-refractivity contribution in [3.8, 4) is 5.75 Å². The van der Waals surface area contributed by atoms with Crippen molar-refractivity contribution in [3.05, 3.63) is 28.8 Å². The summed E-state index contributed by atoms with van der Waals surface area (Å²) in [6, 6.07) is 4.27. The number of nitrogens with two attached hydrogens (primary N) is 1. The van der Waals surface area contributed by atoms with Crippen molar-refractivity contribution in [3.63, 3.8) is 0 Å². The molecule has 0 saturated heterocycles. The zero-order chi connectivity index (χ0) is 11.6. The Balaban J connectivity index is 3.42. The standard InChI is InChI=1S/C13H21NO/c1-9-6-10(8-14)12(15-5)11(7-9)13(2,3)4/h6-7H,8,14H2,1-5H3. The van der Waals surface area contributed by atoms with Crippen molar-refractivity contribution in [1.82, 2.24) is 0 Å². The maximum Gasteiger partial charge on any atom is 0.127 e. The van der Waals surface area contributed by atoms with E-state index < -0.39 is 0 Å². The molecule has 2 N–H and O–H groups in total. The van der Waals surface area contributed by atoms with E-state index in [-0.39, 0.29) is 5.41 Å². The van der Waals surface area contributed by atoms with Crippen LogP contribution >= 0.6 is 0 Å². The molecule has 0 fully saturated rings. The topological polar surface area (TPSA) is 35.2 Å². The Morgan fingerprint density at radius 3 is 2.27 bits per heavy atom. The van der Waals surface area contributed by atoms with Crippen molar-refractivity contribution in [2.45, 2.75) is 39.7 Å². The molecule has 84 valence electrons. The Hall–Kier alpha value is -1.02. The van der Waals surface area contributed by atoms with Crippen molar-refractivity contribution in [2.75, 3.05) is 7.11 Å². The lowest BCUT2D eigenvalue weighted by atomic mass is 9.84. The molecule has 1 aromatic rings. The largest absolute Gasteiger partial charge is 0.496 e. The summed E-state index contributed by atoms with van der Waals surface area (Å²) < 4.78 is 5.47. The molecule has 0 aliphatic heterocycles. The van der Waals surface area contributed by atoms with Crippen molar-refractivity contribution in [2.24, 2.45) is 5.73 Å². The molecule has 2 nitrogen and oxygen atoms in total. The molecule has 0 bridgehead atoms. The number of rotatable bonds is 2. The van der Waals surface area contributed by atoms with Gasteiger partial charge in [-0.05, 0) is 12.3 Å². The predicted molar refractivity (Wildman–Crippen MR) is 64.3 cm³/mol. The molecule has 0 aromatic heterocycles. The van der Waals surface area contributed by atoms with Gasteiger partial charge in [0.25, 0.3) is 0 Å². The van der Waals surface area contributed by atoms with Gasteiger partial charge in [0.1, 0.15) is 5.75 Å².